The van der Waals surface area contributed by atoms with Gasteiger partial charge in [0.1, 0.15) is 7.85 Å². The summed E-state index contributed by atoms with van der Waals surface area (Å²) in [5.41, 5.74) is 1.94. The second-order valence-corrected chi connectivity index (χ2v) is 2.94. The molecule has 0 aliphatic carbocycles. The van der Waals surface area contributed by atoms with Gasteiger partial charge >= 0.3 is 0 Å². The summed E-state index contributed by atoms with van der Waals surface area (Å²) < 4.78 is 0. The summed E-state index contributed by atoms with van der Waals surface area (Å²) in [5, 5.41) is 0. The maximum Gasteiger partial charge on any atom is 0.113 e. The molecule has 0 aromatic heterocycles. The van der Waals surface area contributed by atoms with E-state index in [2.05, 4.69) is 12.1 Å². The maximum absolute atomic E-state index is 5.67. The molecule has 0 atom stereocenters. The number of benzene rings is 1. The molecule has 0 amide bonds. The van der Waals surface area contributed by atoms with Crippen molar-refractivity contribution in [1.82, 2.24) is 0 Å². The van der Waals surface area contributed by atoms with E-state index in [1.165, 1.54) is 5.56 Å². The molecule has 0 aliphatic heterocycles. The normalized spacial score (nSPS) is 12.8. The molecule has 0 spiro atoms. The van der Waals surface area contributed by atoms with Gasteiger partial charge in [-0.05, 0) is 12.5 Å². The molecule has 68 valence electrons. The van der Waals surface area contributed by atoms with Gasteiger partial charge in [0, 0.05) is 0 Å². The quantitative estimate of drug-likeness (QED) is 0.494. The van der Waals surface area contributed by atoms with Crippen molar-refractivity contribution in [2.24, 2.45) is 0 Å². The Balaban J connectivity index is 2.62. The smallest absolute Gasteiger partial charge is 0.0970 e. The summed E-state index contributed by atoms with van der Waals surface area (Å²) in [4.78, 5) is 0. The summed E-state index contributed by atoms with van der Waals surface area (Å²) in [6, 6.07) is 10.1. The molecular weight excluding hydrogens is 167 g/mol. The highest BCUT2D eigenvalue weighted by molar-refractivity contribution is 6.23. The first-order valence-corrected chi connectivity index (χ1v) is 4.64. The van der Waals surface area contributed by atoms with Crippen molar-refractivity contribution < 1.29 is 0 Å². The first kappa shape index (κ1) is 10.6. The zero-order valence-electron chi connectivity index (χ0n) is 8.35. The number of hydrogen-bond donors (Lipinski definition) is 0. The van der Waals surface area contributed by atoms with Crippen molar-refractivity contribution in [2.75, 3.05) is 0 Å². The highest BCUT2D eigenvalue weighted by atomic mass is 13.9. The molecular formula is C13H13B. The Hall–Kier alpha value is -1.50. The van der Waals surface area contributed by atoms with Gasteiger partial charge in [-0.2, -0.15) is 0 Å². The summed E-state index contributed by atoms with van der Waals surface area (Å²) in [6.45, 7) is 1.95. The molecule has 1 heteroatoms. The average Bonchev–Trinajstić information content (AvgIpc) is 2.20. The van der Waals surface area contributed by atoms with Gasteiger partial charge in [-0.3, -0.25) is 0 Å². The molecule has 1 aromatic rings. The van der Waals surface area contributed by atoms with Gasteiger partial charge in [-0.1, -0.05) is 66.2 Å². The Morgan fingerprint density at radius 1 is 1.21 bits per heavy atom. The molecule has 0 fully saturated rings. The van der Waals surface area contributed by atoms with Gasteiger partial charge < -0.3 is 0 Å². The lowest BCUT2D eigenvalue weighted by Crippen LogP contribution is -1.72. The zero-order valence-corrected chi connectivity index (χ0v) is 8.35. The van der Waals surface area contributed by atoms with Crippen molar-refractivity contribution in [3.05, 3.63) is 65.7 Å². The van der Waals surface area contributed by atoms with Crippen LogP contribution in [-0.4, -0.2) is 7.85 Å². The zero-order chi connectivity index (χ0) is 10.2. The van der Waals surface area contributed by atoms with Crippen LogP contribution in [0.5, 0.6) is 0 Å². The molecule has 1 aromatic carbocycles. The molecule has 0 aliphatic rings. The molecule has 14 heavy (non-hydrogen) atoms. The van der Waals surface area contributed by atoms with E-state index in [9.17, 15) is 0 Å². The fourth-order valence-electron chi connectivity index (χ4n) is 1.08. The Bertz CT molecular complexity index is 345. The van der Waals surface area contributed by atoms with E-state index >= 15 is 0 Å². The van der Waals surface area contributed by atoms with Crippen LogP contribution in [0, 0.1) is 0 Å². The van der Waals surface area contributed by atoms with E-state index in [1.54, 1.807) is 0 Å². The lowest BCUT2D eigenvalue weighted by molar-refractivity contribution is 1.66. The van der Waals surface area contributed by atoms with E-state index in [-0.39, 0.29) is 0 Å². The Morgan fingerprint density at radius 3 is 2.57 bits per heavy atom. The van der Waals surface area contributed by atoms with Crippen LogP contribution in [-0.2, 0) is 0 Å². The van der Waals surface area contributed by atoms with Crippen LogP contribution >= 0.6 is 0 Å². The lowest BCUT2D eigenvalue weighted by atomic mass is 9.95. The minimum Gasteiger partial charge on any atom is -0.0970 e. The monoisotopic (exact) mass is 180 g/mol. The fourth-order valence-corrected chi connectivity index (χ4v) is 1.08. The Kier molecular flexibility index (Phi) is 4.56. The predicted molar refractivity (Wildman–Crippen MR) is 64.1 cm³/mol. The Labute approximate surface area is 87.1 Å². The molecule has 2 radical (unpaired) electrons. The van der Waals surface area contributed by atoms with E-state index in [4.69, 9.17) is 7.85 Å². The van der Waals surface area contributed by atoms with Gasteiger partial charge in [0.2, 0.25) is 0 Å². The van der Waals surface area contributed by atoms with Gasteiger partial charge in [0.15, 0.2) is 0 Å². The molecule has 0 saturated carbocycles. The van der Waals surface area contributed by atoms with Gasteiger partial charge in [0.05, 0.1) is 0 Å². The highest BCUT2D eigenvalue weighted by Crippen LogP contribution is 2.01. The highest BCUT2D eigenvalue weighted by Gasteiger charge is 1.80. The van der Waals surface area contributed by atoms with Crippen molar-refractivity contribution in [3.8, 4) is 0 Å². The summed E-state index contributed by atoms with van der Waals surface area (Å²) >= 11 is 0. The van der Waals surface area contributed by atoms with Crippen molar-refractivity contribution in [2.45, 2.75) is 6.92 Å². The van der Waals surface area contributed by atoms with Gasteiger partial charge in [-0.25, -0.2) is 0 Å². The van der Waals surface area contributed by atoms with Crippen LogP contribution in [0.2, 0.25) is 0 Å². The number of hydrogen-bond acceptors (Lipinski definition) is 0. The maximum atomic E-state index is 5.67. The predicted octanol–water partition coefficient (Wildman–Crippen LogP) is 3.33. The molecule has 0 N–H and O–H groups in total. The number of allylic oxidation sites excluding steroid dienone is 5. The third-order valence-electron chi connectivity index (χ3n) is 1.74. The van der Waals surface area contributed by atoms with Crippen molar-refractivity contribution >= 4 is 13.9 Å². The second kappa shape index (κ2) is 6.03. The average molecular weight is 180 g/mol. The standard InChI is InChI=1S/C13H13B/c1-2-7-13(14)11-6-10-12-8-4-3-5-9-12/h2-11H,1H3/b7-2-,10-6+,13-11+. The van der Waals surface area contributed by atoms with E-state index < -0.39 is 0 Å². The van der Waals surface area contributed by atoms with Crippen LogP contribution in [0.1, 0.15) is 12.5 Å². The number of rotatable bonds is 3. The van der Waals surface area contributed by atoms with Crippen molar-refractivity contribution in [3.63, 3.8) is 0 Å². The van der Waals surface area contributed by atoms with Gasteiger partial charge in [-0.15, -0.1) is 0 Å². The molecule has 0 unspecified atom stereocenters. The molecule has 0 bridgehead atoms. The second-order valence-electron chi connectivity index (χ2n) is 2.94. The third-order valence-corrected chi connectivity index (χ3v) is 1.74. The summed E-state index contributed by atoms with van der Waals surface area (Å²) in [5.74, 6) is 0. The molecule has 1 rings (SSSR count). The largest absolute Gasteiger partial charge is 0.113 e. The topological polar surface area (TPSA) is 0 Å². The van der Waals surface area contributed by atoms with E-state index in [0.717, 1.165) is 5.47 Å². The van der Waals surface area contributed by atoms with Gasteiger partial charge in [0.25, 0.3) is 0 Å². The Morgan fingerprint density at radius 2 is 1.93 bits per heavy atom. The molecule has 0 heterocycles. The van der Waals surface area contributed by atoms with E-state index in [0.29, 0.717) is 0 Å². The minimum atomic E-state index is 0.764. The third kappa shape index (κ3) is 3.95. The van der Waals surface area contributed by atoms with Crippen LogP contribution in [0.15, 0.2) is 60.1 Å². The summed E-state index contributed by atoms with van der Waals surface area (Å²) in [7, 11) is 5.67. The van der Waals surface area contributed by atoms with Crippen LogP contribution in [0.4, 0.5) is 0 Å². The molecule has 0 nitrogen and oxygen atoms in total. The lowest BCUT2D eigenvalue weighted by Gasteiger charge is -1.90. The van der Waals surface area contributed by atoms with Crippen molar-refractivity contribution in [1.29, 1.82) is 0 Å². The molecule has 0 saturated heterocycles. The van der Waals surface area contributed by atoms with Crippen LogP contribution in [0.3, 0.4) is 0 Å². The SMILES string of the molecule is [B]C(/C=C\C)=C/C=C/c1ccccc1. The first-order valence-electron chi connectivity index (χ1n) is 4.64. The van der Waals surface area contributed by atoms with E-state index in [1.807, 2.05) is 55.5 Å². The summed E-state index contributed by atoms with van der Waals surface area (Å²) in [6.07, 6.45) is 9.64. The fraction of sp³-hybridized carbons (Fsp3) is 0.0769. The van der Waals surface area contributed by atoms with Crippen LogP contribution < -0.4 is 0 Å². The first-order chi connectivity index (χ1) is 6.83. The van der Waals surface area contributed by atoms with Crippen LogP contribution in [0.25, 0.3) is 6.08 Å². The minimum absolute atomic E-state index is 0.764.